The number of carbonyl (C=O) groups excluding carboxylic acids is 1. The number of amides is 1. The molecule has 1 amide bonds. The summed E-state index contributed by atoms with van der Waals surface area (Å²) in [7, 11) is 0. The molecule has 0 atom stereocenters. The summed E-state index contributed by atoms with van der Waals surface area (Å²) >= 11 is 0. The summed E-state index contributed by atoms with van der Waals surface area (Å²) in [6, 6.07) is 4.01. The molecule has 3 rings (SSSR count). The van der Waals surface area contributed by atoms with E-state index < -0.39 is 0 Å². The molecular weight excluding hydrogens is 308 g/mol. The highest BCUT2D eigenvalue weighted by Gasteiger charge is 2.35. The van der Waals surface area contributed by atoms with E-state index in [1.165, 1.54) is 0 Å². The predicted octanol–water partition coefficient (Wildman–Crippen LogP) is 2.37. The highest BCUT2D eigenvalue weighted by Crippen LogP contribution is 2.27. The molecule has 0 N–H and O–H groups in total. The molecule has 7 heteroatoms. The molecule has 0 saturated carbocycles. The molecule has 0 spiro atoms. The van der Waals surface area contributed by atoms with Gasteiger partial charge in [0.1, 0.15) is 0 Å². The van der Waals surface area contributed by atoms with Crippen molar-refractivity contribution in [1.82, 2.24) is 19.9 Å². The summed E-state index contributed by atoms with van der Waals surface area (Å²) in [5.41, 5.74) is 0. The van der Waals surface area contributed by atoms with E-state index in [0.717, 1.165) is 13.1 Å². The Hall–Kier alpha value is -2.15. The first-order chi connectivity index (χ1) is 11.5. The standard InChI is InChI=1S/C17H24N4O3/c1-11(2)21(12(3)4)15(22)10-20-8-13(9-20)17-18-16(19-24-17)14-6-5-7-23-14/h5-7,11-13H,8-10H2,1-4H3. The van der Waals surface area contributed by atoms with Gasteiger partial charge in [-0.05, 0) is 39.8 Å². The largest absolute Gasteiger partial charge is 0.461 e. The van der Waals surface area contributed by atoms with Crippen LogP contribution in [0.4, 0.5) is 0 Å². The van der Waals surface area contributed by atoms with Crippen LogP contribution in [-0.2, 0) is 4.79 Å². The Morgan fingerprint density at radius 2 is 2.04 bits per heavy atom. The van der Waals surface area contributed by atoms with Gasteiger partial charge in [-0.3, -0.25) is 9.69 Å². The van der Waals surface area contributed by atoms with Crippen molar-refractivity contribution in [2.24, 2.45) is 0 Å². The quantitative estimate of drug-likeness (QED) is 0.808. The number of hydrogen-bond donors (Lipinski definition) is 0. The van der Waals surface area contributed by atoms with E-state index in [4.69, 9.17) is 8.94 Å². The van der Waals surface area contributed by atoms with E-state index in [1.54, 1.807) is 18.4 Å². The topological polar surface area (TPSA) is 75.6 Å². The van der Waals surface area contributed by atoms with E-state index in [-0.39, 0.29) is 23.9 Å². The van der Waals surface area contributed by atoms with Crippen molar-refractivity contribution in [1.29, 1.82) is 0 Å². The number of rotatable bonds is 6. The fourth-order valence-corrected chi connectivity index (χ4v) is 3.21. The fraction of sp³-hybridized carbons (Fsp3) is 0.588. The zero-order valence-corrected chi connectivity index (χ0v) is 14.6. The third kappa shape index (κ3) is 3.36. The molecule has 1 aliphatic rings. The molecule has 0 radical (unpaired) electrons. The van der Waals surface area contributed by atoms with Gasteiger partial charge in [0.05, 0.1) is 18.7 Å². The first kappa shape index (κ1) is 16.7. The van der Waals surface area contributed by atoms with Crippen LogP contribution < -0.4 is 0 Å². The lowest BCUT2D eigenvalue weighted by Crippen LogP contribution is -2.52. The maximum atomic E-state index is 12.5. The minimum atomic E-state index is 0.167. The number of likely N-dealkylation sites (tertiary alicyclic amines) is 1. The summed E-state index contributed by atoms with van der Waals surface area (Å²) in [4.78, 5) is 20.9. The number of furan rings is 1. The monoisotopic (exact) mass is 332 g/mol. The molecule has 3 heterocycles. The molecule has 0 aliphatic carbocycles. The van der Waals surface area contributed by atoms with Crippen LogP contribution >= 0.6 is 0 Å². The second-order valence-corrected chi connectivity index (χ2v) is 6.81. The molecule has 24 heavy (non-hydrogen) atoms. The van der Waals surface area contributed by atoms with Crippen LogP contribution in [0.1, 0.15) is 39.5 Å². The first-order valence-electron chi connectivity index (χ1n) is 8.36. The van der Waals surface area contributed by atoms with Crippen LogP contribution in [0.25, 0.3) is 11.6 Å². The summed E-state index contributed by atoms with van der Waals surface area (Å²) in [6.45, 7) is 10.1. The van der Waals surface area contributed by atoms with Gasteiger partial charge < -0.3 is 13.8 Å². The van der Waals surface area contributed by atoms with Crippen molar-refractivity contribution in [2.45, 2.75) is 45.7 Å². The normalized spacial score (nSPS) is 15.9. The number of hydrogen-bond acceptors (Lipinski definition) is 6. The maximum absolute atomic E-state index is 12.5. The third-order valence-electron chi connectivity index (χ3n) is 4.25. The number of nitrogens with zero attached hydrogens (tertiary/aromatic N) is 4. The third-order valence-corrected chi connectivity index (χ3v) is 4.25. The second kappa shape index (κ2) is 6.76. The van der Waals surface area contributed by atoms with E-state index in [1.807, 2.05) is 32.6 Å². The molecule has 0 bridgehead atoms. The van der Waals surface area contributed by atoms with Gasteiger partial charge in [-0.25, -0.2) is 0 Å². The molecule has 1 saturated heterocycles. The number of aromatic nitrogens is 2. The van der Waals surface area contributed by atoms with Crippen molar-refractivity contribution in [2.75, 3.05) is 19.6 Å². The molecule has 2 aromatic rings. The summed E-state index contributed by atoms with van der Waals surface area (Å²) in [5.74, 6) is 2.02. The zero-order valence-electron chi connectivity index (χ0n) is 14.6. The smallest absolute Gasteiger partial charge is 0.238 e. The second-order valence-electron chi connectivity index (χ2n) is 6.81. The lowest BCUT2D eigenvalue weighted by atomic mass is 10.00. The summed E-state index contributed by atoms with van der Waals surface area (Å²) in [6.07, 6.45) is 1.58. The lowest BCUT2D eigenvalue weighted by Gasteiger charge is -2.39. The van der Waals surface area contributed by atoms with Crippen molar-refractivity contribution in [3.8, 4) is 11.6 Å². The van der Waals surface area contributed by atoms with E-state index in [2.05, 4.69) is 15.0 Å². The highest BCUT2D eigenvalue weighted by molar-refractivity contribution is 5.79. The Balaban J connectivity index is 1.53. The van der Waals surface area contributed by atoms with Crippen molar-refractivity contribution >= 4 is 5.91 Å². The Labute approximate surface area is 141 Å². The van der Waals surface area contributed by atoms with Crippen LogP contribution in [0.5, 0.6) is 0 Å². The van der Waals surface area contributed by atoms with Crippen molar-refractivity contribution < 1.29 is 13.7 Å². The average molecular weight is 332 g/mol. The van der Waals surface area contributed by atoms with E-state index in [9.17, 15) is 4.79 Å². The predicted molar refractivity (Wildman–Crippen MR) is 88.3 cm³/mol. The Morgan fingerprint density at radius 3 is 2.62 bits per heavy atom. The van der Waals surface area contributed by atoms with Gasteiger partial charge in [-0.2, -0.15) is 4.98 Å². The maximum Gasteiger partial charge on any atom is 0.238 e. The molecule has 0 aromatic carbocycles. The van der Waals surface area contributed by atoms with Gasteiger partial charge in [-0.1, -0.05) is 5.16 Å². The van der Waals surface area contributed by atoms with Crippen LogP contribution in [0, 0.1) is 0 Å². The number of carbonyl (C=O) groups is 1. The summed E-state index contributed by atoms with van der Waals surface area (Å²) in [5, 5.41) is 3.95. The van der Waals surface area contributed by atoms with Gasteiger partial charge in [0.25, 0.3) is 0 Å². The van der Waals surface area contributed by atoms with Gasteiger partial charge in [0, 0.05) is 25.2 Å². The van der Waals surface area contributed by atoms with Crippen LogP contribution in [0.15, 0.2) is 27.3 Å². The zero-order chi connectivity index (χ0) is 17.3. The Kier molecular flexibility index (Phi) is 4.71. The van der Waals surface area contributed by atoms with Crippen LogP contribution in [0.2, 0.25) is 0 Å². The van der Waals surface area contributed by atoms with E-state index in [0.29, 0.717) is 24.0 Å². The SMILES string of the molecule is CC(C)N(C(=O)CN1CC(c2nc(-c3ccco3)no2)C1)C(C)C. The van der Waals surface area contributed by atoms with Crippen LogP contribution in [-0.4, -0.2) is 57.6 Å². The molecule has 2 aromatic heterocycles. The van der Waals surface area contributed by atoms with Gasteiger partial charge in [0.2, 0.25) is 17.6 Å². The van der Waals surface area contributed by atoms with Gasteiger partial charge in [0.15, 0.2) is 5.76 Å². The molecule has 7 nitrogen and oxygen atoms in total. The molecule has 1 fully saturated rings. The minimum absolute atomic E-state index is 0.167. The first-order valence-corrected chi connectivity index (χ1v) is 8.36. The molecule has 130 valence electrons. The molecular formula is C17H24N4O3. The fourth-order valence-electron chi connectivity index (χ4n) is 3.21. The Morgan fingerprint density at radius 1 is 1.33 bits per heavy atom. The van der Waals surface area contributed by atoms with E-state index >= 15 is 0 Å². The van der Waals surface area contributed by atoms with Crippen LogP contribution in [0.3, 0.4) is 0 Å². The average Bonchev–Trinajstić information content (AvgIpc) is 3.12. The van der Waals surface area contributed by atoms with Crippen molar-refractivity contribution in [3.63, 3.8) is 0 Å². The molecule has 0 unspecified atom stereocenters. The highest BCUT2D eigenvalue weighted by atomic mass is 16.5. The minimum Gasteiger partial charge on any atom is -0.461 e. The molecule has 1 aliphatic heterocycles. The Bertz CT molecular complexity index is 664. The lowest BCUT2D eigenvalue weighted by molar-refractivity contribution is -0.137. The van der Waals surface area contributed by atoms with Crippen molar-refractivity contribution in [3.05, 3.63) is 24.3 Å². The summed E-state index contributed by atoms with van der Waals surface area (Å²) < 4.78 is 10.6. The van der Waals surface area contributed by atoms with Gasteiger partial charge in [-0.15, -0.1) is 0 Å². The van der Waals surface area contributed by atoms with Gasteiger partial charge >= 0.3 is 0 Å².